The van der Waals surface area contributed by atoms with Gasteiger partial charge in [-0.3, -0.25) is 4.72 Å². The Balaban J connectivity index is 1.65. The van der Waals surface area contributed by atoms with E-state index in [0.717, 1.165) is 11.3 Å². The average Bonchev–Trinajstić information content (AvgIpc) is 2.47. The predicted octanol–water partition coefficient (Wildman–Crippen LogP) is 3.33. The molecule has 2 aromatic rings. The van der Waals surface area contributed by atoms with Gasteiger partial charge in [-0.1, -0.05) is 60.7 Å². The molecule has 0 aliphatic heterocycles. The molecule has 19 heavy (non-hydrogen) atoms. The second-order valence-corrected chi connectivity index (χ2v) is 4.83. The number of amides is 2. The highest BCUT2D eigenvalue weighted by molar-refractivity contribution is 7.97. The van der Waals surface area contributed by atoms with Crippen LogP contribution in [0.3, 0.4) is 0 Å². The number of carbonyl (C=O) groups excluding carboxylic acids is 1. The van der Waals surface area contributed by atoms with E-state index >= 15 is 0 Å². The van der Waals surface area contributed by atoms with Crippen molar-refractivity contribution in [3.63, 3.8) is 0 Å². The van der Waals surface area contributed by atoms with Crippen molar-refractivity contribution in [2.75, 3.05) is 0 Å². The van der Waals surface area contributed by atoms with Gasteiger partial charge in [-0.15, -0.1) is 0 Å². The SMILES string of the molecule is O=C(NCc1ccccc1)NSCc1ccccc1. The third-order valence-electron chi connectivity index (χ3n) is 2.54. The largest absolute Gasteiger partial charge is 0.333 e. The molecule has 2 aromatic carbocycles. The standard InChI is InChI=1S/C15H16N2OS/c18-15(16-11-13-7-3-1-4-8-13)17-19-12-14-9-5-2-6-10-14/h1-10H,11-12H2,(H2,16,17,18). The van der Waals surface area contributed by atoms with Crippen LogP contribution in [0.1, 0.15) is 11.1 Å². The Hall–Kier alpha value is -1.94. The van der Waals surface area contributed by atoms with Gasteiger partial charge in [0.1, 0.15) is 0 Å². The molecule has 0 fully saturated rings. The summed E-state index contributed by atoms with van der Waals surface area (Å²) in [5.74, 6) is 0.763. The molecule has 2 rings (SSSR count). The van der Waals surface area contributed by atoms with Gasteiger partial charge in [-0.05, 0) is 23.1 Å². The van der Waals surface area contributed by atoms with Crippen molar-refractivity contribution in [3.05, 3.63) is 71.8 Å². The second-order valence-electron chi connectivity index (χ2n) is 4.04. The molecular formula is C15H16N2OS. The number of nitrogens with one attached hydrogen (secondary N) is 2. The van der Waals surface area contributed by atoms with E-state index < -0.39 is 0 Å². The molecular weight excluding hydrogens is 256 g/mol. The first-order valence-electron chi connectivity index (χ1n) is 6.08. The molecule has 0 unspecified atom stereocenters. The molecule has 0 aromatic heterocycles. The fourth-order valence-electron chi connectivity index (χ4n) is 1.57. The summed E-state index contributed by atoms with van der Waals surface area (Å²) in [7, 11) is 0. The Labute approximate surface area is 117 Å². The van der Waals surface area contributed by atoms with Crippen molar-refractivity contribution in [1.82, 2.24) is 10.0 Å². The molecule has 0 saturated carbocycles. The molecule has 0 aliphatic rings. The number of benzene rings is 2. The molecule has 0 heterocycles. The van der Waals surface area contributed by atoms with Crippen molar-refractivity contribution >= 4 is 18.0 Å². The molecule has 0 spiro atoms. The van der Waals surface area contributed by atoms with Gasteiger partial charge < -0.3 is 5.32 Å². The van der Waals surface area contributed by atoms with Gasteiger partial charge in [0, 0.05) is 12.3 Å². The summed E-state index contributed by atoms with van der Waals surface area (Å²) in [6.45, 7) is 0.540. The summed E-state index contributed by atoms with van der Waals surface area (Å²) in [5.41, 5.74) is 2.28. The van der Waals surface area contributed by atoms with Gasteiger partial charge in [-0.25, -0.2) is 4.79 Å². The fourth-order valence-corrected chi connectivity index (χ4v) is 2.21. The Kier molecular flexibility index (Phi) is 5.31. The number of urea groups is 1. The maximum atomic E-state index is 11.6. The minimum atomic E-state index is -0.162. The summed E-state index contributed by atoms with van der Waals surface area (Å²) in [5, 5.41) is 2.81. The minimum Gasteiger partial charge on any atom is -0.333 e. The van der Waals surface area contributed by atoms with E-state index in [4.69, 9.17) is 0 Å². The fraction of sp³-hybridized carbons (Fsp3) is 0.133. The quantitative estimate of drug-likeness (QED) is 0.820. The third-order valence-corrected chi connectivity index (χ3v) is 3.35. The van der Waals surface area contributed by atoms with Crippen molar-refractivity contribution in [1.29, 1.82) is 0 Å². The number of hydrogen-bond donors (Lipinski definition) is 2. The van der Waals surface area contributed by atoms with Crippen molar-refractivity contribution in [3.8, 4) is 0 Å². The lowest BCUT2D eigenvalue weighted by atomic mass is 10.2. The Morgan fingerprint density at radius 3 is 2.11 bits per heavy atom. The van der Waals surface area contributed by atoms with E-state index in [1.165, 1.54) is 17.5 Å². The smallest absolute Gasteiger partial charge is 0.325 e. The first-order chi connectivity index (χ1) is 9.34. The summed E-state index contributed by atoms with van der Waals surface area (Å²) < 4.78 is 2.77. The summed E-state index contributed by atoms with van der Waals surface area (Å²) >= 11 is 1.39. The lowest BCUT2D eigenvalue weighted by molar-refractivity contribution is 0.246. The van der Waals surface area contributed by atoms with Crippen LogP contribution in [0.2, 0.25) is 0 Å². The zero-order valence-corrected chi connectivity index (χ0v) is 11.3. The van der Waals surface area contributed by atoms with E-state index in [9.17, 15) is 4.79 Å². The normalized spacial score (nSPS) is 9.89. The molecule has 0 radical (unpaired) electrons. The molecule has 0 atom stereocenters. The first kappa shape index (κ1) is 13.5. The molecule has 0 bridgehead atoms. The van der Waals surface area contributed by atoms with Gasteiger partial charge in [0.15, 0.2) is 0 Å². The zero-order valence-electron chi connectivity index (χ0n) is 10.5. The molecule has 0 aliphatic carbocycles. The van der Waals surface area contributed by atoms with Gasteiger partial charge in [0.2, 0.25) is 0 Å². The van der Waals surface area contributed by atoms with Crippen molar-refractivity contribution in [2.24, 2.45) is 0 Å². The Bertz CT molecular complexity index is 502. The first-order valence-corrected chi connectivity index (χ1v) is 7.06. The summed E-state index contributed by atoms with van der Waals surface area (Å²) in [4.78, 5) is 11.6. The van der Waals surface area contributed by atoms with Crippen LogP contribution < -0.4 is 10.0 Å². The summed E-state index contributed by atoms with van der Waals surface area (Å²) in [6, 6.07) is 19.7. The van der Waals surface area contributed by atoms with E-state index in [2.05, 4.69) is 10.0 Å². The maximum Gasteiger partial charge on any atom is 0.325 e. The van der Waals surface area contributed by atoms with E-state index in [1.54, 1.807) is 0 Å². The molecule has 3 nitrogen and oxygen atoms in total. The van der Waals surface area contributed by atoms with E-state index in [1.807, 2.05) is 60.7 Å². The van der Waals surface area contributed by atoms with Crippen molar-refractivity contribution < 1.29 is 4.79 Å². The number of carbonyl (C=O) groups is 1. The highest BCUT2D eigenvalue weighted by Gasteiger charge is 2.00. The van der Waals surface area contributed by atoms with Crippen LogP contribution in [0.25, 0.3) is 0 Å². The van der Waals surface area contributed by atoms with Crippen LogP contribution in [0.5, 0.6) is 0 Å². The van der Waals surface area contributed by atoms with Crippen LogP contribution in [0, 0.1) is 0 Å². The third kappa shape index (κ3) is 5.06. The van der Waals surface area contributed by atoms with Crippen LogP contribution in [0.4, 0.5) is 4.79 Å². The van der Waals surface area contributed by atoms with E-state index in [-0.39, 0.29) is 6.03 Å². The monoisotopic (exact) mass is 272 g/mol. The highest BCUT2D eigenvalue weighted by atomic mass is 32.2. The van der Waals surface area contributed by atoms with Gasteiger partial charge in [0.25, 0.3) is 0 Å². The van der Waals surface area contributed by atoms with Gasteiger partial charge in [-0.2, -0.15) is 0 Å². The zero-order chi connectivity index (χ0) is 13.3. The lowest BCUT2D eigenvalue weighted by Gasteiger charge is -2.07. The second kappa shape index (κ2) is 7.48. The Morgan fingerprint density at radius 1 is 0.895 bits per heavy atom. The molecule has 0 saturated heterocycles. The van der Waals surface area contributed by atoms with Crippen LogP contribution >= 0.6 is 11.9 Å². The van der Waals surface area contributed by atoms with E-state index in [0.29, 0.717) is 6.54 Å². The highest BCUT2D eigenvalue weighted by Crippen LogP contribution is 2.07. The number of rotatable bonds is 5. The van der Waals surface area contributed by atoms with Gasteiger partial charge in [0.05, 0.1) is 0 Å². The minimum absolute atomic E-state index is 0.162. The molecule has 4 heteroatoms. The maximum absolute atomic E-state index is 11.6. The van der Waals surface area contributed by atoms with Gasteiger partial charge >= 0.3 is 6.03 Å². The predicted molar refractivity (Wildman–Crippen MR) is 79.6 cm³/mol. The van der Waals surface area contributed by atoms with Crippen LogP contribution in [-0.2, 0) is 12.3 Å². The van der Waals surface area contributed by atoms with Crippen molar-refractivity contribution in [2.45, 2.75) is 12.3 Å². The topological polar surface area (TPSA) is 41.1 Å². The van der Waals surface area contributed by atoms with Crippen LogP contribution in [-0.4, -0.2) is 6.03 Å². The Morgan fingerprint density at radius 2 is 1.47 bits per heavy atom. The molecule has 98 valence electrons. The lowest BCUT2D eigenvalue weighted by Crippen LogP contribution is -2.30. The number of hydrogen-bond acceptors (Lipinski definition) is 2. The molecule has 2 N–H and O–H groups in total. The molecule has 2 amide bonds. The summed E-state index contributed by atoms with van der Waals surface area (Å²) in [6.07, 6.45) is 0. The average molecular weight is 272 g/mol. The van der Waals surface area contributed by atoms with Crippen LogP contribution in [0.15, 0.2) is 60.7 Å².